The molecule has 0 aliphatic heterocycles. The van der Waals surface area contributed by atoms with Crippen LogP contribution in [0.25, 0.3) is 32.7 Å². The summed E-state index contributed by atoms with van der Waals surface area (Å²) in [6.45, 7) is 1.88. The Morgan fingerprint density at radius 3 is 2.74 bits per heavy atom. The van der Waals surface area contributed by atoms with Crippen LogP contribution in [0, 0.1) is 12.7 Å². The van der Waals surface area contributed by atoms with Gasteiger partial charge in [-0.2, -0.15) is 0 Å². The van der Waals surface area contributed by atoms with E-state index in [0.717, 1.165) is 10.9 Å². The Kier molecular flexibility index (Phi) is 2.60. The van der Waals surface area contributed by atoms with Gasteiger partial charge in [-0.05, 0) is 36.8 Å². The van der Waals surface area contributed by atoms with Crippen molar-refractivity contribution in [1.82, 2.24) is 9.97 Å². The van der Waals surface area contributed by atoms with Crippen molar-refractivity contribution in [1.29, 1.82) is 0 Å². The molecule has 0 fully saturated rings. The molecule has 2 heterocycles. The van der Waals surface area contributed by atoms with Crippen molar-refractivity contribution in [2.45, 2.75) is 6.92 Å². The highest BCUT2D eigenvalue weighted by Gasteiger charge is 2.19. The highest BCUT2D eigenvalue weighted by molar-refractivity contribution is 6.24. The van der Waals surface area contributed by atoms with Gasteiger partial charge in [0.1, 0.15) is 11.6 Å². The van der Waals surface area contributed by atoms with E-state index in [9.17, 15) is 14.3 Å². The van der Waals surface area contributed by atoms with Crippen molar-refractivity contribution in [2.75, 3.05) is 0 Å². The van der Waals surface area contributed by atoms with E-state index in [4.69, 9.17) is 5.73 Å². The number of phenols is 1. The van der Waals surface area contributed by atoms with E-state index in [0.29, 0.717) is 27.3 Å². The number of aromatic hydroxyl groups is 1. The van der Waals surface area contributed by atoms with Crippen LogP contribution in [-0.2, 0) is 0 Å². The number of benzene rings is 2. The van der Waals surface area contributed by atoms with Crippen molar-refractivity contribution in [3.05, 3.63) is 47.4 Å². The van der Waals surface area contributed by atoms with Gasteiger partial charge in [0.15, 0.2) is 5.69 Å². The maximum absolute atomic E-state index is 13.7. The van der Waals surface area contributed by atoms with Gasteiger partial charge in [-0.1, -0.05) is 6.07 Å². The summed E-state index contributed by atoms with van der Waals surface area (Å²) >= 11 is 0. The first-order valence-corrected chi connectivity index (χ1v) is 7.00. The zero-order valence-corrected chi connectivity index (χ0v) is 12.1. The molecule has 0 bridgehead atoms. The number of aromatic amines is 1. The number of nitrogens with one attached hydrogen (secondary N) is 1. The van der Waals surface area contributed by atoms with E-state index in [1.54, 1.807) is 12.1 Å². The van der Waals surface area contributed by atoms with Crippen LogP contribution in [0.2, 0.25) is 0 Å². The Hall–Kier alpha value is -3.15. The van der Waals surface area contributed by atoms with Gasteiger partial charge >= 0.3 is 0 Å². The minimum atomic E-state index is -0.690. The summed E-state index contributed by atoms with van der Waals surface area (Å²) in [5, 5.41) is 12.0. The van der Waals surface area contributed by atoms with Gasteiger partial charge in [-0.15, -0.1) is 0 Å². The predicted molar refractivity (Wildman–Crippen MR) is 86.0 cm³/mol. The van der Waals surface area contributed by atoms with E-state index in [2.05, 4.69) is 9.97 Å². The topological polar surface area (TPSA) is 92.0 Å². The maximum atomic E-state index is 13.7. The van der Waals surface area contributed by atoms with Gasteiger partial charge in [0.2, 0.25) is 0 Å². The number of hydrogen-bond acceptors (Lipinski definition) is 3. The zero-order valence-electron chi connectivity index (χ0n) is 12.1. The summed E-state index contributed by atoms with van der Waals surface area (Å²) in [6.07, 6.45) is 0. The standard InChI is InChI=1S/C17H12FN3O2/c1-7-2-5-11(22)14-12(7)13-9-6-8(18)3-4-10(9)20-16(17(19)23)15(13)21-14/h2-6,21-22H,1H3,(H2,19,23). The largest absolute Gasteiger partial charge is 0.506 e. The first-order valence-electron chi connectivity index (χ1n) is 7.00. The van der Waals surface area contributed by atoms with Crippen LogP contribution in [0.3, 0.4) is 0 Å². The number of nitrogens with zero attached hydrogens (tertiary/aromatic N) is 1. The molecule has 2 aromatic carbocycles. The second-order valence-corrected chi connectivity index (χ2v) is 5.51. The molecule has 0 saturated heterocycles. The van der Waals surface area contributed by atoms with Crippen molar-refractivity contribution < 1.29 is 14.3 Å². The number of halogens is 1. The molecule has 23 heavy (non-hydrogen) atoms. The number of pyridine rings is 1. The average Bonchev–Trinajstić information content (AvgIpc) is 2.92. The fourth-order valence-electron chi connectivity index (χ4n) is 3.06. The lowest BCUT2D eigenvalue weighted by atomic mass is 10.0. The normalized spacial score (nSPS) is 11.6. The molecule has 4 aromatic rings. The monoisotopic (exact) mass is 309 g/mol. The fourth-order valence-corrected chi connectivity index (χ4v) is 3.06. The molecule has 0 saturated carbocycles. The number of aryl methyl sites for hydroxylation is 1. The Morgan fingerprint density at radius 1 is 1.22 bits per heavy atom. The molecule has 0 unspecified atom stereocenters. The molecule has 0 aliphatic carbocycles. The van der Waals surface area contributed by atoms with Crippen LogP contribution in [0.5, 0.6) is 5.75 Å². The molecular formula is C17H12FN3O2. The maximum Gasteiger partial charge on any atom is 0.269 e. The average molecular weight is 309 g/mol. The molecule has 0 spiro atoms. The van der Waals surface area contributed by atoms with Crippen LogP contribution in [0.4, 0.5) is 4.39 Å². The lowest BCUT2D eigenvalue weighted by Gasteiger charge is -2.05. The highest BCUT2D eigenvalue weighted by Crippen LogP contribution is 2.38. The zero-order chi connectivity index (χ0) is 16.3. The second-order valence-electron chi connectivity index (χ2n) is 5.51. The lowest BCUT2D eigenvalue weighted by Crippen LogP contribution is -2.13. The van der Waals surface area contributed by atoms with Crippen LogP contribution >= 0.6 is 0 Å². The number of primary amides is 1. The lowest BCUT2D eigenvalue weighted by molar-refractivity contribution is 0.0997. The van der Waals surface area contributed by atoms with Crippen LogP contribution in [0.15, 0.2) is 30.3 Å². The van der Waals surface area contributed by atoms with Crippen LogP contribution < -0.4 is 5.73 Å². The third kappa shape index (κ3) is 1.78. The van der Waals surface area contributed by atoms with Gasteiger partial charge in [-0.3, -0.25) is 4.79 Å². The molecule has 4 rings (SSSR count). The number of H-pyrrole nitrogens is 1. The quantitative estimate of drug-likeness (QED) is 0.504. The first-order chi connectivity index (χ1) is 11.0. The SMILES string of the molecule is Cc1ccc(O)c2[nH]c3c(C(N)=O)nc4ccc(F)cc4c3c12. The first kappa shape index (κ1) is 13.5. The van der Waals surface area contributed by atoms with Gasteiger partial charge < -0.3 is 15.8 Å². The molecule has 114 valence electrons. The summed E-state index contributed by atoms with van der Waals surface area (Å²) in [6, 6.07) is 7.48. The van der Waals surface area contributed by atoms with Crippen LogP contribution in [-0.4, -0.2) is 21.0 Å². The van der Waals surface area contributed by atoms with Crippen molar-refractivity contribution in [3.8, 4) is 5.75 Å². The molecule has 0 radical (unpaired) electrons. The fraction of sp³-hybridized carbons (Fsp3) is 0.0588. The molecule has 6 heteroatoms. The van der Waals surface area contributed by atoms with Gasteiger partial charge in [0, 0.05) is 16.2 Å². The third-order valence-corrected chi connectivity index (χ3v) is 4.07. The molecule has 4 N–H and O–H groups in total. The number of hydrogen-bond donors (Lipinski definition) is 3. The number of nitrogens with two attached hydrogens (primary N) is 1. The molecular weight excluding hydrogens is 297 g/mol. The summed E-state index contributed by atoms with van der Waals surface area (Å²) < 4.78 is 13.7. The minimum absolute atomic E-state index is 0.0433. The molecule has 5 nitrogen and oxygen atoms in total. The van der Waals surface area contributed by atoms with Gasteiger partial charge in [0.25, 0.3) is 5.91 Å². The summed E-state index contributed by atoms with van der Waals surface area (Å²) in [5.41, 5.74) is 7.73. The predicted octanol–water partition coefficient (Wildman–Crippen LogP) is 3.12. The van der Waals surface area contributed by atoms with E-state index < -0.39 is 11.7 Å². The number of rotatable bonds is 1. The van der Waals surface area contributed by atoms with Crippen molar-refractivity contribution >= 4 is 38.6 Å². The molecule has 0 atom stereocenters. The Bertz CT molecular complexity index is 1130. The number of fused-ring (bicyclic) bond motifs is 5. The Balaban J connectivity index is 2.40. The summed E-state index contributed by atoms with van der Waals surface area (Å²) in [4.78, 5) is 19.0. The number of aromatic nitrogens is 2. The van der Waals surface area contributed by atoms with Gasteiger partial charge in [-0.25, -0.2) is 9.37 Å². The number of carbonyl (C=O) groups excluding carboxylic acids is 1. The highest BCUT2D eigenvalue weighted by atomic mass is 19.1. The Morgan fingerprint density at radius 2 is 2.00 bits per heavy atom. The molecule has 0 aliphatic rings. The smallest absolute Gasteiger partial charge is 0.269 e. The Labute approximate surface area is 129 Å². The molecule has 1 amide bonds. The third-order valence-electron chi connectivity index (χ3n) is 4.07. The van der Waals surface area contributed by atoms with E-state index in [-0.39, 0.29) is 11.4 Å². The number of phenolic OH excluding ortho intramolecular Hbond substituents is 1. The number of carbonyl (C=O) groups is 1. The summed E-state index contributed by atoms with van der Waals surface area (Å²) in [7, 11) is 0. The number of amides is 1. The van der Waals surface area contributed by atoms with Crippen molar-refractivity contribution in [3.63, 3.8) is 0 Å². The van der Waals surface area contributed by atoms with Gasteiger partial charge in [0.05, 0.1) is 16.6 Å². The van der Waals surface area contributed by atoms with Crippen LogP contribution in [0.1, 0.15) is 16.1 Å². The minimum Gasteiger partial charge on any atom is -0.506 e. The van der Waals surface area contributed by atoms with E-state index >= 15 is 0 Å². The second kappa shape index (κ2) is 4.42. The van der Waals surface area contributed by atoms with E-state index in [1.807, 2.05) is 6.92 Å². The molecule has 2 aromatic heterocycles. The van der Waals surface area contributed by atoms with Crippen molar-refractivity contribution in [2.24, 2.45) is 5.73 Å². The van der Waals surface area contributed by atoms with E-state index in [1.165, 1.54) is 18.2 Å². The summed E-state index contributed by atoms with van der Waals surface area (Å²) in [5.74, 6) is -1.05.